The maximum absolute atomic E-state index is 11.6. The number of hydrogen-bond donors (Lipinski definition) is 2. The number of carboxylic acid groups (broad SMARTS) is 1. The summed E-state index contributed by atoms with van der Waals surface area (Å²) in [5.74, 6) is -0.706. The molecule has 1 heterocycles. The van der Waals surface area contributed by atoms with E-state index < -0.39 is 11.5 Å². The molecule has 1 aromatic heterocycles. The molecule has 1 aromatic rings. The van der Waals surface area contributed by atoms with Crippen molar-refractivity contribution in [3.8, 4) is 0 Å². The number of aromatic nitrogens is 1. The Morgan fingerprint density at radius 3 is 2.33 bits per heavy atom. The van der Waals surface area contributed by atoms with E-state index in [9.17, 15) is 9.59 Å². The summed E-state index contributed by atoms with van der Waals surface area (Å²) in [6.45, 7) is 3.08. The molecule has 0 unspecified atom stereocenters. The molecule has 0 atom stereocenters. The number of anilines is 1. The number of aliphatic carboxylic acids is 1. The van der Waals surface area contributed by atoms with Crippen LogP contribution in [0.4, 0.5) is 5.82 Å². The van der Waals surface area contributed by atoms with Gasteiger partial charge in [0.15, 0.2) is 0 Å². The molecule has 0 fully saturated rings. The van der Waals surface area contributed by atoms with Gasteiger partial charge in [-0.05, 0) is 26.0 Å². The molecule has 0 aliphatic rings. The zero-order chi connectivity index (χ0) is 13.9. The van der Waals surface area contributed by atoms with Crippen molar-refractivity contribution in [1.82, 2.24) is 9.88 Å². The van der Waals surface area contributed by atoms with Crippen molar-refractivity contribution in [2.24, 2.45) is 0 Å². The van der Waals surface area contributed by atoms with Gasteiger partial charge in [-0.15, -0.1) is 0 Å². The van der Waals surface area contributed by atoms with Gasteiger partial charge in [-0.2, -0.15) is 0 Å². The van der Waals surface area contributed by atoms with Gasteiger partial charge in [0.1, 0.15) is 11.4 Å². The first-order valence-electron chi connectivity index (χ1n) is 5.43. The van der Waals surface area contributed by atoms with Crippen LogP contribution in [0, 0.1) is 0 Å². The molecule has 0 radical (unpaired) electrons. The Kier molecular flexibility index (Phi) is 3.90. The molecular formula is C12H17N3O3. The predicted molar refractivity (Wildman–Crippen MR) is 67.6 cm³/mol. The molecule has 1 rings (SSSR count). The highest BCUT2D eigenvalue weighted by Gasteiger charge is 2.27. The van der Waals surface area contributed by atoms with Gasteiger partial charge in [-0.25, -0.2) is 9.78 Å². The Morgan fingerprint density at radius 1 is 1.33 bits per heavy atom. The second-order valence-electron chi connectivity index (χ2n) is 4.69. The Labute approximate surface area is 106 Å². The molecule has 98 valence electrons. The van der Waals surface area contributed by atoms with Gasteiger partial charge in [-0.1, -0.05) is 0 Å². The molecule has 0 aliphatic heterocycles. The summed E-state index contributed by atoms with van der Waals surface area (Å²) in [4.78, 5) is 28.0. The summed E-state index contributed by atoms with van der Waals surface area (Å²) in [6.07, 6.45) is 1.42. The molecule has 2 N–H and O–H groups in total. The number of carbonyl (C=O) groups is 2. The van der Waals surface area contributed by atoms with Crippen LogP contribution < -0.4 is 5.32 Å². The first-order valence-corrected chi connectivity index (χ1v) is 5.43. The molecule has 0 spiro atoms. The second-order valence-corrected chi connectivity index (χ2v) is 4.69. The smallest absolute Gasteiger partial charge is 0.328 e. The van der Waals surface area contributed by atoms with Gasteiger partial charge >= 0.3 is 5.97 Å². The number of hydrogen-bond acceptors (Lipinski definition) is 4. The van der Waals surface area contributed by atoms with Crippen molar-refractivity contribution in [3.63, 3.8) is 0 Å². The van der Waals surface area contributed by atoms with Crippen LogP contribution in [0.5, 0.6) is 0 Å². The molecule has 6 heteroatoms. The lowest BCUT2D eigenvalue weighted by molar-refractivity contribution is -0.141. The minimum absolute atomic E-state index is 0.147. The average molecular weight is 251 g/mol. The summed E-state index contributed by atoms with van der Waals surface area (Å²) in [6, 6.07) is 3.19. The topological polar surface area (TPSA) is 82.5 Å². The molecule has 0 aliphatic carbocycles. The number of nitrogens with zero attached hydrogens (tertiary/aromatic N) is 2. The third-order valence-electron chi connectivity index (χ3n) is 2.39. The largest absolute Gasteiger partial charge is 0.480 e. The molecule has 18 heavy (non-hydrogen) atoms. The maximum Gasteiger partial charge on any atom is 0.328 e. The van der Waals surface area contributed by atoms with Crippen molar-refractivity contribution in [2.75, 3.05) is 19.4 Å². The van der Waals surface area contributed by atoms with E-state index in [1.807, 2.05) is 0 Å². The Balaban J connectivity index is 2.84. The van der Waals surface area contributed by atoms with Crippen molar-refractivity contribution in [1.29, 1.82) is 0 Å². The van der Waals surface area contributed by atoms with E-state index in [1.54, 1.807) is 26.2 Å². The van der Waals surface area contributed by atoms with E-state index in [-0.39, 0.29) is 5.91 Å². The fraction of sp³-hybridized carbons (Fsp3) is 0.417. The Morgan fingerprint density at radius 2 is 1.94 bits per heavy atom. The van der Waals surface area contributed by atoms with E-state index in [0.717, 1.165) is 0 Å². The summed E-state index contributed by atoms with van der Waals surface area (Å²) in [7, 11) is 3.31. The average Bonchev–Trinajstić information content (AvgIpc) is 2.28. The lowest BCUT2D eigenvalue weighted by atomic mass is 10.1. The van der Waals surface area contributed by atoms with E-state index in [1.165, 1.54) is 24.9 Å². The lowest BCUT2D eigenvalue weighted by Crippen LogP contribution is -2.40. The number of amides is 1. The Bertz CT molecular complexity index is 452. The van der Waals surface area contributed by atoms with E-state index >= 15 is 0 Å². The zero-order valence-electron chi connectivity index (χ0n) is 10.9. The third-order valence-corrected chi connectivity index (χ3v) is 2.39. The van der Waals surface area contributed by atoms with Crippen molar-refractivity contribution in [3.05, 3.63) is 23.9 Å². The number of carbonyl (C=O) groups excluding carboxylic acids is 1. The molecule has 1 amide bonds. The van der Waals surface area contributed by atoms with Gasteiger partial charge in [-0.3, -0.25) is 4.79 Å². The minimum atomic E-state index is -1.11. The second kappa shape index (κ2) is 5.03. The summed E-state index contributed by atoms with van der Waals surface area (Å²) in [5, 5.41) is 11.7. The van der Waals surface area contributed by atoms with E-state index in [2.05, 4.69) is 10.3 Å². The fourth-order valence-corrected chi connectivity index (χ4v) is 1.23. The number of rotatable bonds is 4. The van der Waals surface area contributed by atoms with Gasteiger partial charge in [0.2, 0.25) is 0 Å². The van der Waals surface area contributed by atoms with Crippen molar-refractivity contribution < 1.29 is 14.7 Å². The molecule has 0 saturated carbocycles. The molecule has 0 aromatic carbocycles. The summed E-state index contributed by atoms with van der Waals surface area (Å²) in [5.41, 5.74) is -0.654. The van der Waals surface area contributed by atoms with Crippen LogP contribution in [-0.4, -0.2) is 46.5 Å². The van der Waals surface area contributed by atoms with Crippen molar-refractivity contribution in [2.45, 2.75) is 19.4 Å². The van der Waals surface area contributed by atoms with Crippen molar-refractivity contribution >= 4 is 17.7 Å². The van der Waals surface area contributed by atoms with E-state index in [0.29, 0.717) is 11.4 Å². The van der Waals surface area contributed by atoms with Crippen LogP contribution in [0.3, 0.4) is 0 Å². The highest BCUT2D eigenvalue weighted by Crippen LogP contribution is 2.13. The lowest BCUT2D eigenvalue weighted by Gasteiger charge is -2.21. The van der Waals surface area contributed by atoms with Crippen LogP contribution in [0.2, 0.25) is 0 Å². The van der Waals surface area contributed by atoms with Gasteiger partial charge in [0.05, 0.1) is 5.56 Å². The standard InChI is InChI=1S/C12H17N3O3/c1-12(2,11(17)18)14-9-6-5-8(7-13-9)10(16)15(3)4/h5-7H,1-4H3,(H,13,14)(H,17,18). The third kappa shape index (κ3) is 3.19. The normalized spacial score (nSPS) is 10.9. The Hall–Kier alpha value is -2.11. The number of carboxylic acids is 1. The first kappa shape index (κ1) is 14.0. The summed E-state index contributed by atoms with van der Waals surface area (Å²) >= 11 is 0. The number of pyridine rings is 1. The zero-order valence-corrected chi connectivity index (χ0v) is 10.9. The van der Waals surface area contributed by atoms with Crippen LogP contribution in [-0.2, 0) is 4.79 Å². The van der Waals surface area contributed by atoms with Crippen LogP contribution in [0.1, 0.15) is 24.2 Å². The SMILES string of the molecule is CN(C)C(=O)c1ccc(NC(C)(C)C(=O)O)nc1. The minimum Gasteiger partial charge on any atom is -0.480 e. The van der Waals surface area contributed by atoms with Gasteiger partial charge in [0, 0.05) is 20.3 Å². The molecule has 0 bridgehead atoms. The fourth-order valence-electron chi connectivity index (χ4n) is 1.23. The quantitative estimate of drug-likeness (QED) is 0.836. The van der Waals surface area contributed by atoms with Gasteiger partial charge in [0.25, 0.3) is 5.91 Å². The molecular weight excluding hydrogens is 234 g/mol. The van der Waals surface area contributed by atoms with Crippen LogP contribution in [0.15, 0.2) is 18.3 Å². The predicted octanol–water partition coefficient (Wildman–Crippen LogP) is 1.06. The highest BCUT2D eigenvalue weighted by molar-refractivity contribution is 5.93. The highest BCUT2D eigenvalue weighted by atomic mass is 16.4. The van der Waals surface area contributed by atoms with Gasteiger partial charge < -0.3 is 15.3 Å². The van der Waals surface area contributed by atoms with Crippen LogP contribution >= 0.6 is 0 Å². The van der Waals surface area contributed by atoms with E-state index in [4.69, 9.17) is 5.11 Å². The maximum atomic E-state index is 11.6. The molecule has 6 nitrogen and oxygen atoms in total. The summed E-state index contributed by atoms with van der Waals surface area (Å²) < 4.78 is 0. The number of nitrogens with one attached hydrogen (secondary N) is 1. The molecule has 0 saturated heterocycles. The monoisotopic (exact) mass is 251 g/mol. The first-order chi connectivity index (χ1) is 8.24. The van der Waals surface area contributed by atoms with Crippen LogP contribution in [0.25, 0.3) is 0 Å².